The van der Waals surface area contributed by atoms with Crippen LogP contribution in [-0.4, -0.2) is 28.2 Å². The summed E-state index contributed by atoms with van der Waals surface area (Å²) in [5.41, 5.74) is 6.66. The van der Waals surface area contributed by atoms with Crippen molar-refractivity contribution in [1.82, 2.24) is 9.78 Å². The van der Waals surface area contributed by atoms with Crippen LogP contribution in [0.25, 0.3) is 0 Å². The predicted molar refractivity (Wildman–Crippen MR) is 90.7 cm³/mol. The number of primary amides is 1. The first-order valence-electron chi connectivity index (χ1n) is 7.82. The minimum Gasteiger partial charge on any atom is -0.483 e. The van der Waals surface area contributed by atoms with E-state index in [4.69, 9.17) is 10.5 Å². The van der Waals surface area contributed by atoms with Crippen molar-refractivity contribution in [2.75, 3.05) is 11.9 Å². The van der Waals surface area contributed by atoms with Crippen LogP contribution in [0.15, 0.2) is 36.7 Å². The van der Waals surface area contributed by atoms with Gasteiger partial charge in [-0.1, -0.05) is 32.0 Å². The van der Waals surface area contributed by atoms with Crippen LogP contribution in [0.1, 0.15) is 31.7 Å². The standard InChI is InChI=1S/C17H22N4O3/c1-3-12(2)14-6-4-5-7-15(14)24-11-17(23)20-13-8-19-21(9-13)10-16(18)22/h4-9,12H,3,10-11H2,1-2H3,(H2,18,22)(H,20,23)/t12-/m1/s1. The van der Waals surface area contributed by atoms with Crippen molar-refractivity contribution in [3.63, 3.8) is 0 Å². The van der Waals surface area contributed by atoms with Crippen LogP contribution >= 0.6 is 0 Å². The fourth-order valence-electron chi connectivity index (χ4n) is 2.25. The Morgan fingerprint density at radius 2 is 2.12 bits per heavy atom. The summed E-state index contributed by atoms with van der Waals surface area (Å²) < 4.78 is 7.01. The molecule has 0 saturated carbocycles. The summed E-state index contributed by atoms with van der Waals surface area (Å²) in [7, 11) is 0. The highest BCUT2D eigenvalue weighted by Crippen LogP contribution is 2.28. The van der Waals surface area contributed by atoms with E-state index < -0.39 is 5.91 Å². The molecule has 3 N–H and O–H groups in total. The van der Waals surface area contributed by atoms with Crippen LogP contribution in [0.3, 0.4) is 0 Å². The van der Waals surface area contributed by atoms with E-state index in [1.165, 1.54) is 17.1 Å². The monoisotopic (exact) mass is 330 g/mol. The third-order valence-corrected chi connectivity index (χ3v) is 3.66. The highest BCUT2D eigenvalue weighted by molar-refractivity contribution is 5.91. The number of ether oxygens (including phenoxy) is 1. The second-order valence-corrected chi connectivity index (χ2v) is 5.58. The molecule has 0 aliphatic heterocycles. The minimum absolute atomic E-state index is 0.0331. The summed E-state index contributed by atoms with van der Waals surface area (Å²) in [6, 6.07) is 7.71. The van der Waals surface area contributed by atoms with Crippen LogP contribution in [0.5, 0.6) is 5.75 Å². The number of carbonyl (C=O) groups excluding carboxylic acids is 2. The molecule has 2 amide bonds. The molecule has 0 aliphatic carbocycles. The fourth-order valence-corrected chi connectivity index (χ4v) is 2.25. The molecule has 1 atom stereocenters. The van der Waals surface area contributed by atoms with Gasteiger partial charge in [0, 0.05) is 6.20 Å². The first-order chi connectivity index (χ1) is 11.5. The van der Waals surface area contributed by atoms with Gasteiger partial charge >= 0.3 is 0 Å². The number of carbonyl (C=O) groups is 2. The highest BCUT2D eigenvalue weighted by Gasteiger charge is 2.12. The van der Waals surface area contributed by atoms with Gasteiger partial charge in [-0.2, -0.15) is 5.10 Å². The lowest BCUT2D eigenvalue weighted by Gasteiger charge is -2.15. The second kappa shape index (κ2) is 8.14. The number of hydrogen-bond acceptors (Lipinski definition) is 4. The molecule has 1 aromatic heterocycles. The van der Waals surface area contributed by atoms with E-state index in [9.17, 15) is 9.59 Å². The number of amides is 2. The Morgan fingerprint density at radius 3 is 2.83 bits per heavy atom. The smallest absolute Gasteiger partial charge is 0.262 e. The van der Waals surface area contributed by atoms with Gasteiger partial charge in [0.25, 0.3) is 5.91 Å². The zero-order valence-electron chi connectivity index (χ0n) is 13.9. The number of aromatic nitrogens is 2. The predicted octanol–water partition coefficient (Wildman–Crippen LogP) is 1.90. The van der Waals surface area contributed by atoms with E-state index in [-0.39, 0.29) is 19.1 Å². The lowest BCUT2D eigenvalue weighted by molar-refractivity contribution is -0.119. The largest absolute Gasteiger partial charge is 0.483 e. The SMILES string of the molecule is CC[C@@H](C)c1ccccc1OCC(=O)Nc1cnn(CC(N)=O)c1. The fraction of sp³-hybridized carbons (Fsp3) is 0.353. The third-order valence-electron chi connectivity index (χ3n) is 3.66. The van der Waals surface area contributed by atoms with Crippen molar-refractivity contribution < 1.29 is 14.3 Å². The van der Waals surface area contributed by atoms with Gasteiger partial charge < -0.3 is 15.8 Å². The Hall–Kier alpha value is -2.83. The number of rotatable bonds is 8. The molecule has 0 unspecified atom stereocenters. The average molecular weight is 330 g/mol. The quantitative estimate of drug-likeness (QED) is 0.772. The molecule has 7 heteroatoms. The Labute approximate surface area is 140 Å². The molecule has 0 radical (unpaired) electrons. The molecular formula is C17H22N4O3. The van der Waals surface area contributed by atoms with Crippen molar-refractivity contribution in [1.29, 1.82) is 0 Å². The maximum absolute atomic E-state index is 12.0. The van der Waals surface area contributed by atoms with Crippen molar-refractivity contribution in [2.45, 2.75) is 32.7 Å². The topological polar surface area (TPSA) is 99.2 Å². The van der Waals surface area contributed by atoms with E-state index in [1.54, 1.807) is 0 Å². The molecule has 24 heavy (non-hydrogen) atoms. The summed E-state index contributed by atoms with van der Waals surface area (Å²) in [6.45, 7) is 4.09. The number of hydrogen-bond donors (Lipinski definition) is 2. The Balaban J connectivity index is 1.92. The summed E-state index contributed by atoms with van der Waals surface area (Å²) in [4.78, 5) is 22.8. The third kappa shape index (κ3) is 4.84. The molecule has 0 aliphatic rings. The molecule has 0 bridgehead atoms. The van der Waals surface area contributed by atoms with Gasteiger partial charge in [0.2, 0.25) is 5.91 Å². The second-order valence-electron chi connectivity index (χ2n) is 5.58. The van der Waals surface area contributed by atoms with Crippen molar-refractivity contribution in [3.8, 4) is 5.75 Å². The summed E-state index contributed by atoms with van der Waals surface area (Å²) >= 11 is 0. The molecular weight excluding hydrogens is 308 g/mol. The van der Waals surface area contributed by atoms with Gasteiger partial charge in [0.1, 0.15) is 12.3 Å². The summed E-state index contributed by atoms with van der Waals surface area (Å²) in [5.74, 6) is 0.274. The van der Waals surface area contributed by atoms with E-state index in [1.807, 2.05) is 24.3 Å². The lowest BCUT2D eigenvalue weighted by atomic mass is 9.98. The maximum Gasteiger partial charge on any atom is 0.262 e. The molecule has 128 valence electrons. The van der Waals surface area contributed by atoms with Crippen LogP contribution < -0.4 is 15.8 Å². The zero-order valence-corrected chi connectivity index (χ0v) is 13.9. The van der Waals surface area contributed by atoms with Crippen LogP contribution in [0.4, 0.5) is 5.69 Å². The van der Waals surface area contributed by atoms with Crippen molar-refractivity contribution in [2.24, 2.45) is 5.73 Å². The van der Waals surface area contributed by atoms with E-state index in [0.717, 1.165) is 12.0 Å². The molecule has 2 rings (SSSR count). The number of benzene rings is 1. The van der Waals surface area contributed by atoms with Crippen molar-refractivity contribution >= 4 is 17.5 Å². The first-order valence-corrected chi connectivity index (χ1v) is 7.82. The molecule has 0 spiro atoms. The van der Waals surface area contributed by atoms with Gasteiger partial charge in [-0.3, -0.25) is 14.3 Å². The van der Waals surface area contributed by atoms with Gasteiger partial charge in [0.05, 0.1) is 11.9 Å². The Bertz CT molecular complexity index is 711. The van der Waals surface area contributed by atoms with Gasteiger partial charge in [0.15, 0.2) is 6.61 Å². The van der Waals surface area contributed by atoms with Crippen LogP contribution in [0.2, 0.25) is 0 Å². The highest BCUT2D eigenvalue weighted by atomic mass is 16.5. The Morgan fingerprint density at radius 1 is 1.38 bits per heavy atom. The minimum atomic E-state index is -0.499. The first kappa shape index (κ1) is 17.5. The Kier molecular flexibility index (Phi) is 5.95. The molecule has 1 aromatic carbocycles. The van der Waals surface area contributed by atoms with Crippen molar-refractivity contribution in [3.05, 3.63) is 42.2 Å². The summed E-state index contributed by atoms with van der Waals surface area (Å²) in [5, 5.41) is 6.61. The number of nitrogens with one attached hydrogen (secondary N) is 1. The molecule has 0 fully saturated rings. The van der Waals surface area contributed by atoms with Gasteiger partial charge in [-0.25, -0.2) is 0 Å². The lowest BCUT2D eigenvalue weighted by Crippen LogP contribution is -2.21. The van der Waals surface area contributed by atoms with Crippen LogP contribution in [0, 0.1) is 0 Å². The van der Waals surface area contributed by atoms with E-state index >= 15 is 0 Å². The van der Waals surface area contributed by atoms with Gasteiger partial charge in [-0.15, -0.1) is 0 Å². The number of nitrogens with two attached hydrogens (primary N) is 1. The van der Waals surface area contributed by atoms with E-state index in [0.29, 0.717) is 17.4 Å². The normalized spacial score (nSPS) is 11.8. The molecule has 7 nitrogen and oxygen atoms in total. The summed E-state index contributed by atoms with van der Waals surface area (Å²) in [6.07, 6.45) is 3.98. The number of nitrogens with zero attached hydrogens (tertiary/aromatic N) is 2. The van der Waals surface area contributed by atoms with E-state index in [2.05, 4.69) is 24.3 Å². The number of para-hydroxylation sites is 1. The molecule has 1 heterocycles. The number of anilines is 1. The molecule has 0 saturated heterocycles. The molecule has 2 aromatic rings. The zero-order chi connectivity index (χ0) is 17.5. The average Bonchev–Trinajstić information content (AvgIpc) is 2.98. The van der Waals surface area contributed by atoms with Crippen LogP contribution in [-0.2, 0) is 16.1 Å². The van der Waals surface area contributed by atoms with Gasteiger partial charge in [-0.05, 0) is 24.0 Å². The maximum atomic E-state index is 12.0.